The summed E-state index contributed by atoms with van der Waals surface area (Å²) in [5, 5.41) is 15.5. The molecule has 0 bridgehead atoms. The number of hydrazone groups is 1. The average Bonchev–Trinajstić information content (AvgIpc) is 3.83. The monoisotopic (exact) mass is 945 g/mol. The minimum atomic E-state index is -0.741. The highest BCUT2D eigenvalue weighted by atomic mass is 19.1. The van der Waals surface area contributed by atoms with E-state index < -0.39 is 17.8 Å². The van der Waals surface area contributed by atoms with Crippen LogP contribution >= 0.6 is 0 Å². The molecule has 5 amide bonds. The fourth-order valence-electron chi connectivity index (χ4n) is 9.05. The maximum Gasteiger partial charge on any atom is 0.306 e. The van der Waals surface area contributed by atoms with Crippen LogP contribution in [0.25, 0.3) is 0 Å². The third-order valence-corrected chi connectivity index (χ3v) is 12.9. The Hall–Kier alpha value is -7.09. The molecule has 0 radical (unpaired) electrons. The van der Waals surface area contributed by atoms with Crippen molar-refractivity contribution in [2.45, 2.75) is 76.0 Å². The van der Waals surface area contributed by atoms with Crippen molar-refractivity contribution in [3.63, 3.8) is 0 Å². The minimum absolute atomic E-state index is 0.0179. The normalized spacial score (nSPS) is 17.7. The summed E-state index contributed by atoms with van der Waals surface area (Å²) < 4.78 is 34.3. The molecule has 2 saturated heterocycles. The van der Waals surface area contributed by atoms with Crippen molar-refractivity contribution < 1.29 is 47.1 Å². The SMILES string of the molecule is CN1CCC2(CC1)C(N/C(=N\N)c1ccncc1)=[N+]2c1cccc(C(=O)NCc2cc(OCCCCCOCCCOCC(=O)Nc3cccc4c3CN(C3CCC(=O)NC3=O)C4=O)ccc2F)c1. The molecule has 18 nitrogen and oxygen atoms in total. The lowest BCUT2D eigenvalue weighted by Crippen LogP contribution is -2.52. The second-order valence-electron chi connectivity index (χ2n) is 17.6. The number of halogens is 1. The summed E-state index contributed by atoms with van der Waals surface area (Å²) in [6.07, 6.45) is 8.61. The molecule has 19 heteroatoms. The Labute approximate surface area is 399 Å². The summed E-state index contributed by atoms with van der Waals surface area (Å²) in [4.78, 5) is 71.0. The van der Waals surface area contributed by atoms with Crippen LogP contribution in [0.2, 0.25) is 0 Å². The highest BCUT2D eigenvalue weighted by Crippen LogP contribution is 2.43. The lowest BCUT2D eigenvalue weighted by atomic mass is 9.93. The van der Waals surface area contributed by atoms with Crippen LogP contribution in [-0.2, 0) is 36.9 Å². The molecule has 6 N–H and O–H groups in total. The molecule has 4 aliphatic rings. The number of nitrogens with two attached hydrogens (primary N) is 1. The molecule has 0 aliphatic carbocycles. The van der Waals surface area contributed by atoms with E-state index in [2.05, 4.69) is 47.9 Å². The first-order valence-corrected chi connectivity index (χ1v) is 23.4. The van der Waals surface area contributed by atoms with Gasteiger partial charge in [-0.15, -0.1) is 5.10 Å². The smallest absolute Gasteiger partial charge is 0.306 e. The van der Waals surface area contributed by atoms with Gasteiger partial charge < -0.3 is 40.5 Å². The molecule has 4 aromatic rings. The number of hydrogen-bond donors (Lipinski definition) is 5. The van der Waals surface area contributed by atoms with Crippen molar-refractivity contribution in [3.05, 3.63) is 119 Å². The molecule has 1 spiro atoms. The molecule has 0 saturated carbocycles. The first-order valence-electron chi connectivity index (χ1n) is 23.4. The van der Waals surface area contributed by atoms with E-state index in [0.29, 0.717) is 72.4 Å². The molecule has 3 aromatic carbocycles. The van der Waals surface area contributed by atoms with Crippen LogP contribution in [0.15, 0.2) is 90.3 Å². The number of amides is 5. The van der Waals surface area contributed by atoms with Gasteiger partial charge in [0, 0.05) is 111 Å². The summed E-state index contributed by atoms with van der Waals surface area (Å²) in [6, 6.07) is 19.9. The highest BCUT2D eigenvalue weighted by Gasteiger charge is 2.64. The molecule has 2 fully saturated rings. The molecule has 5 heterocycles. The highest BCUT2D eigenvalue weighted by molar-refractivity contribution is 6.13. The number of carbonyl (C=O) groups excluding carboxylic acids is 5. The molecule has 1 unspecified atom stereocenters. The number of ether oxygens (including phenoxy) is 3. The van der Waals surface area contributed by atoms with Crippen molar-refractivity contribution in [3.8, 4) is 5.75 Å². The Morgan fingerprint density at radius 3 is 2.48 bits per heavy atom. The van der Waals surface area contributed by atoms with Crippen LogP contribution < -0.4 is 31.8 Å². The van der Waals surface area contributed by atoms with Gasteiger partial charge in [0.1, 0.15) is 29.9 Å². The summed E-state index contributed by atoms with van der Waals surface area (Å²) in [5.41, 5.74) is 3.69. The van der Waals surface area contributed by atoms with Gasteiger partial charge in [-0.05, 0) is 99.8 Å². The van der Waals surface area contributed by atoms with Gasteiger partial charge in [-0.1, -0.05) is 12.1 Å². The van der Waals surface area contributed by atoms with Crippen molar-refractivity contribution in [1.29, 1.82) is 0 Å². The lowest BCUT2D eigenvalue weighted by molar-refractivity contribution is -0.425. The van der Waals surface area contributed by atoms with E-state index in [1.165, 1.54) is 11.0 Å². The molecule has 362 valence electrons. The van der Waals surface area contributed by atoms with Crippen LogP contribution in [0, 0.1) is 5.82 Å². The zero-order chi connectivity index (χ0) is 48.3. The number of piperidine rings is 2. The number of amidine groups is 2. The van der Waals surface area contributed by atoms with E-state index >= 15 is 0 Å². The molecule has 1 atom stereocenters. The summed E-state index contributed by atoms with van der Waals surface area (Å²) in [5.74, 6) is 5.54. The zero-order valence-corrected chi connectivity index (χ0v) is 38.6. The predicted octanol–water partition coefficient (Wildman–Crippen LogP) is 3.95. The average molecular weight is 946 g/mol. The quantitative estimate of drug-likeness (QED) is 0.0162. The topological polar surface area (TPSA) is 222 Å². The Bertz CT molecular complexity index is 2620. The first-order chi connectivity index (χ1) is 33.5. The number of pyridine rings is 1. The molecule has 1 aromatic heterocycles. The van der Waals surface area contributed by atoms with Crippen LogP contribution in [0.1, 0.15) is 88.8 Å². The minimum Gasteiger partial charge on any atom is -0.494 e. The summed E-state index contributed by atoms with van der Waals surface area (Å²) in [7, 11) is 2.11. The van der Waals surface area contributed by atoms with Crippen LogP contribution in [-0.4, -0.2) is 125 Å². The number of unbranched alkanes of at least 4 members (excludes halogenated alkanes) is 2. The van der Waals surface area contributed by atoms with Crippen molar-refractivity contribution in [2.75, 3.05) is 58.5 Å². The van der Waals surface area contributed by atoms with Gasteiger partial charge in [0.15, 0.2) is 0 Å². The van der Waals surface area contributed by atoms with Gasteiger partial charge in [0.05, 0.1) is 6.61 Å². The van der Waals surface area contributed by atoms with Gasteiger partial charge >= 0.3 is 5.84 Å². The fourth-order valence-corrected chi connectivity index (χ4v) is 9.05. The first kappa shape index (κ1) is 48.4. The van der Waals surface area contributed by atoms with E-state index in [9.17, 15) is 28.4 Å². The standard InChI is InChI=1S/C50H57FN10O8/c1-59-22-18-50(19-23-59)49(57-45(58-52)33-16-20-53-21-17-33)61(50)36-9-5-8-34(28-36)46(64)54-30-35-29-37(12-13-40(35)51)69-27-4-2-3-24-67-25-7-26-68-32-44(63)55-41-11-6-10-38-39(41)31-60(48(38)66)42-14-15-43(62)56-47(42)65/h5-6,8-13,16-17,20-21,28-29,42H,2-4,7,14-15,18-19,22-27,30-32H2,1H3,(H5,52,53,54,55,56,62,63,64,65)/p+1. The number of rotatable bonds is 20. The van der Waals surface area contributed by atoms with Crippen LogP contribution in [0.4, 0.5) is 15.8 Å². The number of anilines is 1. The molecular weight excluding hydrogens is 888 g/mol. The number of aromatic nitrogens is 1. The molecule has 69 heavy (non-hydrogen) atoms. The second kappa shape index (κ2) is 22.3. The molecular formula is C50H58FN10O8+. The van der Waals surface area contributed by atoms with Crippen molar-refractivity contribution >= 4 is 52.6 Å². The van der Waals surface area contributed by atoms with Gasteiger partial charge in [0.2, 0.25) is 29.1 Å². The Morgan fingerprint density at radius 1 is 0.913 bits per heavy atom. The number of benzene rings is 3. The maximum absolute atomic E-state index is 14.9. The Morgan fingerprint density at radius 2 is 1.68 bits per heavy atom. The predicted molar refractivity (Wildman–Crippen MR) is 253 cm³/mol. The number of imide groups is 1. The molecule has 8 rings (SSSR count). The van der Waals surface area contributed by atoms with E-state index in [0.717, 1.165) is 62.3 Å². The van der Waals surface area contributed by atoms with Crippen molar-refractivity contribution in [1.82, 2.24) is 30.7 Å². The van der Waals surface area contributed by atoms with Gasteiger partial charge in [-0.3, -0.25) is 34.3 Å². The number of likely N-dealkylation sites (tertiary alicyclic amines) is 1. The number of nitrogens with zero attached hydrogens (tertiary/aromatic N) is 5. The van der Waals surface area contributed by atoms with Gasteiger partial charge in [-0.2, -0.15) is 0 Å². The lowest BCUT2D eigenvalue weighted by Gasteiger charge is -2.29. The molecule has 4 aliphatic heterocycles. The van der Waals surface area contributed by atoms with E-state index in [4.69, 9.17) is 20.1 Å². The second-order valence-corrected chi connectivity index (χ2v) is 17.6. The Balaban J connectivity index is 0.708. The number of carbonyl (C=O) groups is 5. The Kier molecular flexibility index (Phi) is 15.7. The van der Waals surface area contributed by atoms with E-state index in [1.807, 2.05) is 30.3 Å². The largest absolute Gasteiger partial charge is 0.494 e. The summed E-state index contributed by atoms with van der Waals surface area (Å²) >= 11 is 0. The van der Waals surface area contributed by atoms with Crippen molar-refractivity contribution in [2.24, 2.45) is 10.9 Å². The third-order valence-electron chi connectivity index (χ3n) is 12.9. The van der Waals surface area contributed by atoms with Gasteiger partial charge in [-0.25, -0.2) is 14.3 Å². The zero-order valence-electron chi connectivity index (χ0n) is 38.6. The van der Waals surface area contributed by atoms with Gasteiger partial charge in [0.25, 0.3) is 11.8 Å². The number of fused-ring (bicyclic) bond motifs is 1. The number of nitrogens with one attached hydrogen (secondary N) is 4. The fraction of sp³-hybridized carbons (Fsp3) is 0.400. The van der Waals surface area contributed by atoms with E-state index in [1.54, 1.807) is 48.8 Å². The summed E-state index contributed by atoms with van der Waals surface area (Å²) in [6.45, 7) is 3.56. The van der Waals surface area contributed by atoms with Crippen LogP contribution in [0.5, 0.6) is 5.75 Å². The van der Waals surface area contributed by atoms with Crippen LogP contribution in [0.3, 0.4) is 0 Å². The van der Waals surface area contributed by atoms with E-state index in [-0.39, 0.29) is 61.7 Å². The maximum atomic E-state index is 14.9. The number of hydrogen-bond acceptors (Lipinski definition) is 12. The third kappa shape index (κ3) is 11.6.